The van der Waals surface area contributed by atoms with Crippen molar-refractivity contribution in [3.63, 3.8) is 0 Å². The van der Waals surface area contributed by atoms with E-state index >= 15 is 0 Å². The number of hydrogen-bond donors (Lipinski definition) is 1. The summed E-state index contributed by atoms with van der Waals surface area (Å²) >= 11 is 3.71. The van der Waals surface area contributed by atoms with Crippen LogP contribution in [-0.4, -0.2) is 10.9 Å². The van der Waals surface area contributed by atoms with Crippen molar-refractivity contribution in [2.24, 2.45) is 0 Å². The SMILES string of the molecule is CCc1nc(NC(=O)c2cccc(I)c2)sc1C. The van der Waals surface area contributed by atoms with Crippen molar-refractivity contribution in [1.29, 1.82) is 0 Å². The van der Waals surface area contributed by atoms with Crippen molar-refractivity contribution < 1.29 is 4.79 Å². The maximum Gasteiger partial charge on any atom is 0.257 e. The molecule has 0 saturated carbocycles. The molecule has 1 amide bonds. The lowest BCUT2D eigenvalue weighted by atomic mass is 10.2. The first kappa shape index (κ1) is 13.5. The second-order valence-electron chi connectivity index (χ2n) is 3.84. The maximum atomic E-state index is 12.0. The highest BCUT2D eigenvalue weighted by Gasteiger charge is 2.11. The zero-order chi connectivity index (χ0) is 13.1. The van der Waals surface area contributed by atoms with Crippen LogP contribution in [0.1, 0.15) is 27.9 Å². The summed E-state index contributed by atoms with van der Waals surface area (Å²) in [6.07, 6.45) is 0.890. The van der Waals surface area contributed by atoms with Gasteiger partial charge in [-0.1, -0.05) is 13.0 Å². The van der Waals surface area contributed by atoms with Crippen molar-refractivity contribution in [1.82, 2.24) is 4.98 Å². The van der Waals surface area contributed by atoms with Gasteiger partial charge in [0.2, 0.25) is 0 Å². The van der Waals surface area contributed by atoms with Crippen molar-refractivity contribution >= 4 is 45.0 Å². The third kappa shape index (κ3) is 3.08. The molecule has 1 N–H and O–H groups in total. The Morgan fingerprint density at radius 1 is 1.50 bits per heavy atom. The number of anilines is 1. The molecule has 0 fully saturated rings. The number of aromatic nitrogens is 1. The highest BCUT2D eigenvalue weighted by atomic mass is 127. The molecule has 5 heteroatoms. The van der Waals surface area contributed by atoms with Crippen LogP contribution in [-0.2, 0) is 6.42 Å². The Kier molecular flexibility index (Phi) is 4.34. The number of nitrogens with zero attached hydrogens (tertiary/aromatic N) is 1. The Morgan fingerprint density at radius 2 is 2.28 bits per heavy atom. The van der Waals surface area contributed by atoms with Crippen molar-refractivity contribution in [2.75, 3.05) is 5.32 Å². The van der Waals surface area contributed by atoms with Gasteiger partial charge in [-0.25, -0.2) is 4.98 Å². The van der Waals surface area contributed by atoms with E-state index in [1.165, 1.54) is 11.3 Å². The first-order valence-corrected chi connectivity index (χ1v) is 7.53. The van der Waals surface area contributed by atoms with E-state index in [2.05, 4.69) is 39.8 Å². The monoisotopic (exact) mass is 372 g/mol. The number of benzene rings is 1. The van der Waals surface area contributed by atoms with Gasteiger partial charge in [0.15, 0.2) is 5.13 Å². The number of rotatable bonds is 3. The largest absolute Gasteiger partial charge is 0.298 e. The molecule has 18 heavy (non-hydrogen) atoms. The number of amides is 1. The highest BCUT2D eigenvalue weighted by molar-refractivity contribution is 14.1. The van der Waals surface area contributed by atoms with Crippen LogP contribution >= 0.6 is 33.9 Å². The summed E-state index contributed by atoms with van der Waals surface area (Å²) in [6.45, 7) is 4.09. The van der Waals surface area contributed by atoms with E-state index in [4.69, 9.17) is 0 Å². The van der Waals surface area contributed by atoms with Crippen molar-refractivity contribution in [3.05, 3.63) is 44.0 Å². The third-order valence-electron chi connectivity index (χ3n) is 2.53. The van der Waals surface area contributed by atoms with E-state index in [1.54, 1.807) is 6.07 Å². The van der Waals surface area contributed by atoms with Crippen molar-refractivity contribution in [2.45, 2.75) is 20.3 Å². The molecule has 94 valence electrons. The number of carbonyl (C=O) groups excluding carboxylic acids is 1. The summed E-state index contributed by atoms with van der Waals surface area (Å²) in [7, 11) is 0. The number of carbonyl (C=O) groups is 1. The first-order valence-electron chi connectivity index (χ1n) is 5.63. The van der Waals surface area contributed by atoms with Crippen LogP contribution in [0.15, 0.2) is 24.3 Å². The Hall–Kier alpha value is -0.950. The normalized spacial score (nSPS) is 10.4. The summed E-state index contributed by atoms with van der Waals surface area (Å²) in [5, 5.41) is 3.52. The maximum absolute atomic E-state index is 12.0. The van der Waals surface area contributed by atoms with Crippen LogP contribution in [0.5, 0.6) is 0 Å². The molecule has 0 bridgehead atoms. The molecule has 0 aliphatic heterocycles. The van der Waals surface area contributed by atoms with E-state index in [-0.39, 0.29) is 5.91 Å². The van der Waals surface area contributed by atoms with Crippen LogP contribution < -0.4 is 5.32 Å². The Balaban J connectivity index is 2.16. The lowest BCUT2D eigenvalue weighted by Gasteiger charge is -2.01. The second-order valence-corrected chi connectivity index (χ2v) is 6.29. The number of aryl methyl sites for hydroxylation is 2. The molecular weight excluding hydrogens is 359 g/mol. The number of halogens is 1. The van der Waals surface area contributed by atoms with Crippen LogP contribution in [0.25, 0.3) is 0 Å². The topological polar surface area (TPSA) is 42.0 Å². The summed E-state index contributed by atoms with van der Waals surface area (Å²) in [6, 6.07) is 7.50. The van der Waals surface area contributed by atoms with Gasteiger partial charge in [0.1, 0.15) is 0 Å². The molecule has 2 aromatic rings. The average molecular weight is 372 g/mol. The average Bonchev–Trinajstić information content (AvgIpc) is 2.69. The van der Waals surface area contributed by atoms with Crippen molar-refractivity contribution in [3.8, 4) is 0 Å². The molecular formula is C13H13IN2OS. The molecule has 0 saturated heterocycles. The summed E-state index contributed by atoms with van der Waals surface area (Å²) in [5.74, 6) is -0.107. The minimum absolute atomic E-state index is 0.107. The van der Waals surface area contributed by atoms with E-state index in [9.17, 15) is 4.79 Å². The zero-order valence-corrected chi connectivity index (χ0v) is 13.1. The molecule has 0 aliphatic carbocycles. The summed E-state index contributed by atoms with van der Waals surface area (Å²) in [5.41, 5.74) is 1.71. The van der Waals surface area contributed by atoms with E-state index in [0.29, 0.717) is 10.7 Å². The summed E-state index contributed by atoms with van der Waals surface area (Å²) < 4.78 is 1.05. The molecule has 1 aromatic carbocycles. The molecule has 1 aromatic heterocycles. The lowest BCUT2D eigenvalue weighted by molar-refractivity contribution is 0.102. The van der Waals surface area contributed by atoms with Gasteiger partial charge in [-0.05, 0) is 54.1 Å². The van der Waals surface area contributed by atoms with E-state index < -0.39 is 0 Å². The number of hydrogen-bond acceptors (Lipinski definition) is 3. The van der Waals surface area contributed by atoms with Gasteiger partial charge >= 0.3 is 0 Å². The zero-order valence-electron chi connectivity index (χ0n) is 10.2. The van der Waals surface area contributed by atoms with Gasteiger partial charge in [-0.15, -0.1) is 11.3 Å². The van der Waals surface area contributed by atoms with Gasteiger partial charge < -0.3 is 0 Å². The fourth-order valence-electron chi connectivity index (χ4n) is 1.61. The van der Waals surface area contributed by atoms with E-state index in [1.807, 2.05) is 25.1 Å². The van der Waals surface area contributed by atoms with Gasteiger partial charge in [0, 0.05) is 14.0 Å². The third-order valence-corrected chi connectivity index (χ3v) is 4.13. The van der Waals surface area contributed by atoms with Gasteiger partial charge in [0.25, 0.3) is 5.91 Å². The minimum atomic E-state index is -0.107. The molecule has 0 aliphatic rings. The standard InChI is InChI=1S/C13H13IN2OS/c1-3-11-8(2)18-13(15-11)16-12(17)9-5-4-6-10(14)7-9/h4-7H,3H2,1-2H3,(H,15,16,17). The van der Waals surface area contributed by atoms with Crippen LogP contribution in [0.2, 0.25) is 0 Å². The van der Waals surface area contributed by atoms with Gasteiger partial charge in [-0.2, -0.15) is 0 Å². The molecule has 0 unspecified atom stereocenters. The Bertz CT molecular complexity index is 580. The smallest absolute Gasteiger partial charge is 0.257 e. The van der Waals surface area contributed by atoms with Crippen LogP contribution in [0.4, 0.5) is 5.13 Å². The second kappa shape index (κ2) is 5.79. The lowest BCUT2D eigenvalue weighted by Crippen LogP contribution is -2.11. The number of nitrogens with one attached hydrogen (secondary N) is 1. The Labute approximate surface area is 124 Å². The molecule has 0 spiro atoms. The Morgan fingerprint density at radius 3 is 2.89 bits per heavy atom. The molecule has 0 atom stereocenters. The van der Waals surface area contributed by atoms with Gasteiger partial charge in [0.05, 0.1) is 5.69 Å². The van der Waals surface area contributed by atoms with E-state index in [0.717, 1.165) is 20.6 Å². The summed E-state index contributed by atoms with van der Waals surface area (Å²) in [4.78, 5) is 17.6. The van der Waals surface area contributed by atoms with Crippen LogP contribution in [0, 0.1) is 10.5 Å². The number of thiazole rings is 1. The predicted octanol–water partition coefficient (Wildman–Crippen LogP) is 3.87. The predicted molar refractivity (Wildman–Crippen MR) is 83.3 cm³/mol. The highest BCUT2D eigenvalue weighted by Crippen LogP contribution is 2.23. The molecule has 2 rings (SSSR count). The fourth-order valence-corrected chi connectivity index (χ4v) is 3.05. The fraction of sp³-hybridized carbons (Fsp3) is 0.231. The molecule has 3 nitrogen and oxygen atoms in total. The quantitative estimate of drug-likeness (QED) is 0.832. The van der Waals surface area contributed by atoms with Gasteiger partial charge in [-0.3, -0.25) is 10.1 Å². The van der Waals surface area contributed by atoms with Crippen LogP contribution in [0.3, 0.4) is 0 Å². The first-order chi connectivity index (χ1) is 8.60. The molecule has 1 heterocycles. The minimum Gasteiger partial charge on any atom is -0.298 e. The molecule has 0 radical (unpaired) electrons.